The van der Waals surface area contributed by atoms with E-state index in [1.54, 1.807) is 0 Å². The minimum absolute atomic E-state index is 0.361. The molecule has 0 spiro atoms. The summed E-state index contributed by atoms with van der Waals surface area (Å²) in [4.78, 5) is 10.6. The molecule has 1 rings (SSSR count). The smallest absolute Gasteiger partial charge is 0.316 e. The summed E-state index contributed by atoms with van der Waals surface area (Å²) in [6.45, 7) is 0. The Hall–Kier alpha value is -1.15. The van der Waals surface area contributed by atoms with Crippen molar-refractivity contribution in [2.24, 2.45) is 0 Å². The Labute approximate surface area is 112 Å². The summed E-state index contributed by atoms with van der Waals surface area (Å²) in [6, 6.07) is 0.721. The number of rotatable bonds is 1. The van der Waals surface area contributed by atoms with Gasteiger partial charge in [0.25, 0.3) is 0 Å². The molecule has 106 valence electrons. The van der Waals surface area contributed by atoms with Crippen LogP contribution in [0.25, 0.3) is 0 Å². The third kappa shape index (κ3) is 3.90. The summed E-state index contributed by atoms with van der Waals surface area (Å²) in [5.41, 5.74) is -1.98. The van der Waals surface area contributed by atoms with Gasteiger partial charge in [-0.3, -0.25) is 4.79 Å². The molecule has 1 amide bonds. The van der Waals surface area contributed by atoms with E-state index in [2.05, 4.69) is 0 Å². The Morgan fingerprint density at radius 3 is 1.74 bits per heavy atom. The molecule has 1 aromatic rings. The molecule has 0 aliphatic carbocycles. The topological polar surface area (TPSA) is 29.1 Å². The maximum atomic E-state index is 12.3. The first kappa shape index (κ1) is 15.9. The minimum Gasteiger partial charge on any atom is -0.316 e. The summed E-state index contributed by atoms with van der Waals surface area (Å²) in [5, 5.41) is -0.203. The van der Waals surface area contributed by atoms with E-state index in [4.69, 9.17) is 23.2 Å². The van der Waals surface area contributed by atoms with E-state index >= 15 is 0 Å². The molecule has 19 heavy (non-hydrogen) atoms. The standard InChI is InChI=1S/C9H3Cl2F6NO/c10-4-1-3(8(12,13)14)2-5(11)6(4)18-7(19)9(15,16)17/h1-2H,(H,18,19). The molecule has 0 fully saturated rings. The number of alkyl halides is 6. The number of anilines is 1. The molecule has 1 aromatic carbocycles. The van der Waals surface area contributed by atoms with Gasteiger partial charge in [-0.15, -0.1) is 0 Å². The number of hydrogen-bond acceptors (Lipinski definition) is 1. The Bertz CT molecular complexity index is 487. The first-order valence-corrected chi connectivity index (χ1v) is 5.13. The highest BCUT2D eigenvalue weighted by atomic mass is 35.5. The second-order valence-corrected chi connectivity index (χ2v) is 4.08. The quantitative estimate of drug-likeness (QED) is 0.756. The molecule has 0 aliphatic heterocycles. The average Bonchev–Trinajstić information content (AvgIpc) is 2.19. The SMILES string of the molecule is O=C(Nc1c(Cl)cc(C(F)(F)F)cc1Cl)C(F)(F)F. The summed E-state index contributed by atoms with van der Waals surface area (Å²) in [5.74, 6) is -2.39. The first-order chi connectivity index (χ1) is 8.43. The summed E-state index contributed by atoms with van der Waals surface area (Å²) < 4.78 is 73.0. The molecule has 0 aliphatic rings. The molecule has 0 unspecified atom stereocenters. The van der Waals surface area contributed by atoms with Crippen LogP contribution in [0.5, 0.6) is 0 Å². The van der Waals surface area contributed by atoms with Crippen LogP contribution < -0.4 is 5.32 Å². The van der Waals surface area contributed by atoms with Crippen LogP contribution in [-0.2, 0) is 11.0 Å². The number of carbonyl (C=O) groups excluding carboxylic acids is 1. The Balaban J connectivity index is 3.16. The predicted octanol–water partition coefficient (Wildman–Crippen LogP) is 4.51. The fourth-order valence-corrected chi connectivity index (χ4v) is 1.62. The highest BCUT2D eigenvalue weighted by Gasteiger charge is 2.39. The van der Waals surface area contributed by atoms with E-state index in [0.717, 1.165) is 0 Å². The van der Waals surface area contributed by atoms with Crippen LogP contribution in [0, 0.1) is 0 Å². The van der Waals surface area contributed by atoms with E-state index in [9.17, 15) is 31.1 Å². The van der Waals surface area contributed by atoms with Crippen LogP contribution in [-0.4, -0.2) is 12.1 Å². The van der Waals surface area contributed by atoms with Crippen molar-refractivity contribution in [1.29, 1.82) is 0 Å². The van der Waals surface area contributed by atoms with Crippen LogP contribution in [0.15, 0.2) is 12.1 Å². The predicted molar refractivity (Wildman–Crippen MR) is 56.1 cm³/mol. The molecule has 0 atom stereocenters. The molecule has 0 aromatic heterocycles. The Kier molecular flexibility index (Phi) is 4.26. The van der Waals surface area contributed by atoms with Gasteiger partial charge >= 0.3 is 18.3 Å². The lowest BCUT2D eigenvalue weighted by Gasteiger charge is -2.14. The molecular formula is C9H3Cl2F6NO. The molecular weight excluding hydrogens is 323 g/mol. The third-order valence-corrected chi connectivity index (χ3v) is 2.46. The maximum absolute atomic E-state index is 12.3. The van der Waals surface area contributed by atoms with Crippen molar-refractivity contribution in [3.8, 4) is 0 Å². The second kappa shape index (κ2) is 5.09. The van der Waals surface area contributed by atoms with E-state index in [1.807, 2.05) is 0 Å². The van der Waals surface area contributed by atoms with Gasteiger partial charge in [-0.05, 0) is 12.1 Å². The highest BCUT2D eigenvalue weighted by Crippen LogP contribution is 2.38. The van der Waals surface area contributed by atoms with Crippen molar-refractivity contribution in [2.75, 3.05) is 5.32 Å². The van der Waals surface area contributed by atoms with Crippen LogP contribution in [0.1, 0.15) is 5.56 Å². The van der Waals surface area contributed by atoms with Crippen molar-refractivity contribution in [1.82, 2.24) is 0 Å². The largest absolute Gasteiger partial charge is 0.471 e. The molecule has 0 heterocycles. The van der Waals surface area contributed by atoms with Crippen molar-refractivity contribution < 1.29 is 31.1 Å². The average molecular weight is 326 g/mol. The summed E-state index contributed by atoms with van der Waals surface area (Å²) in [7, 11) is 0. The van der Waals surface area contributed by atoms with Crippen LogP contribution >= 0.6 is 23.2 Å². The van der Waals surface area contributed by atoms with Gasteiger partial charge in [0.15, 0.2) is 0 Å². The van der Waals surface area contributed by atoms with E-state index < -0.39 is 39.6 Å². The minimum atomic E-state index is -5.21. The molecule has 2 nitrogen and oxygen atoms in total. The Morgan fingerprint density at radius 2 is 1.42 bits per heavy atom. The summed E-state index contributed by atoms with van der Waals surface area (Å²) in [6.07, 6.45) is -9.98. The van der Waals surface area contributed by atoms with Gasteiger partial charge in [0, 0.05) is 0 Å². The molecule has 0 saturated carbocycles. The number of amides is 1. The van der Waals surface area contributed by atoms with Gasteiger partial charge in [-0.2, -0.15) is 26.3 Å². The van der Waals surface area contributed by atoms with Gasteiger partial charge < -0.3 is 5.32 Å². The van der Waals surface area contributed by atoms with Crippen molar-refractivity contribution >= 4 is 34.8 Å². The first-order valence-electron chi connectivity index (χ1n) is 4.37. The number of hydrogen-bond donors (Lipinski definition) is 1. The lowest BCUT2D eigenvalue weighted by Crippen LogP contribution is -2.30. The van der Waals surface area contributed by atoms with Gasteiger partial charge in [0.2, 0.25) is 0 Å². The number of benzene rings is 1. The number of carbonyl (C=O) groups is 1. The van der Waals surface area contributed by atoms with Crippen LogP contribution in [0.3, 0.4) is 0 Å². The second-order valence-electron chi connectivity index (χ2n) is 3.26. The lowest BCUT2D eigenvalue weighted by atomic mass is 10.2. The fourth-order valence-electron chi connectivity index (χ4n) is 1.04. The summed E-state index contributed by atoms with van der Waals surface area (Å²) >= 11 is 10.7. The molecule has 0 bridgehead atoms. The third-order valence-electron chi connectivity index (χ3n) is 1.87. The van der Waals surface area contributed by atoms with Gasteiger partial charge in [0.1, 0.15) is 0 Å². The van der Waals surface area contributed by atoms with Crippen LogP contribution in [0.4, 0.5) is 32.0 Å². The maximum Gasteiger partial charge on any atom is 0.471 e. The molecule has 0 saturated heterocycles. The molecule has 10 heteroatoms. The van der Waals surface area contributed by atoms with Crippen molar-refractivity contribution in [2.45, 2.75) is 12.4 Å². The van der Waals surface area contributed by atoms with E-state index in [0.29, 0.717) is 12.1 Å². The monoisotopic (exact) mass is 325 g/mol. The zero-order valence-electron chi connectivity index (χ0n) is 8.59. The van der Waals surface area contributed by atoms with Crippen molar-refractivity contribution in [3.05, 3.63) is 27.7 Å². The Morgan fingerprint density at radius 1 is 1.00 bits per heavy atom. The number of nitrogens with one attached hydrogen (secondary N) is 1. The van der Waals surface area contributed by atoms with Crippen molar-refractivity contribution in [3.63, 3.8) is 0 Å². The van der Waals surface area contributed by atoms with Gasteiger partial charge in [0.05, 0.1) is 21.3 Å². The van der Waals surface area contributed by atoms with Gasteiger partial charge in [-0.25, -0.2) is 0 Å². The number of halogens is 8. The van der Waals surface area contributed by atoms with Gasteiger partial charge in [-0.1, -0.05) is 23.2 Å². The normalized spacial score (nSPS) is 12.4. The lowest BCUT2D eigenvalue weighted by molar-refractivity contribution is -0.167. The highest BCUT2D eigenvalue weighted by molar-refractivity contribution is 6.40. The molecule has 1 N–H and O–H groups in total. The fraction of sp³-hybridized carbons (Fsp3) is 0.222. The van der Waals surface area contributed by atoms with E-state index in [-0.39, 0.29) is 0 Å². The molecule has 0 radical (unpaired) electrons. The zero-order valence-corrected chi connectivity index (χ0v) is 10.1. The van der Waals surface area contributed by atoms with E-state index in [1.165, 1.54) is 5.32 Å². The van der Waals surface area contributed by atoms with Crippen LogP contribution in [0.2, 0.25) is 10.0 Å². The zero-order chi connectivity index (χ0) is 15.0.